The average molecular weight is 853 g/mol. The van der Waals surface area contributed by atoms with Gasteiger partial charge in [-0.25, -0.2) is 29.0 Å². The van der Waals surface area contributed by atoms with Crippen LogP contribution in [0.3, 0.4) is 0 Å². The van der Waals surface area contributed by atoms with Gasteiger partial charge in [-0.3, -0.25) is 14.8 Å². The Labute approximate surface area is 351 Å². The summed E-state index contributed by atoms with van der Waals surface area (Å²) in [6, 6.07) is 18.0. The van der Waals surface area contributed by atoms with E-state index in [0.717, 1.165) is 73.1 Å². The Morgan fingerprint density at radius 3 is 1.69 bits per heavy atom. The number of benzene rings is 1. The van der Waals surface area contributed by atoms with Gasteiger partial charge >= 0.3 is 0 Å². The molecule has 0 saturated carbocycles. The number of ether oxygens (including phenoxy) is 2. The highest BCUT2D eigenvalue weighted by Gasteiger charge is 2.14. The number of halogens is 1. The van der Waals surface area contributed by atoms with Gasteiger partial charge in [0.25, 0.3) is 0 Å². The smallest absolute Gasteiger partial charge is 0.213 e. The first-order valence-corrected chi connectivity index (χ1v) is 21.2. The minimum Gasteiger partial charge on any atom is -0.476 e. The first-order valence-electron chi connectivity index (χ1n) is 20.4. The maximum atomic E-state index is 5.87. The molecule has 8 aromatic rings. The minimum absolute atomic E-state index is 0.653. The van der Waals surface area contributed by atoms with E-state index in [1.165, 1.54) is 64.7 Å². The molecule has 0 radical (unpaired) electrons. The van der Waals surface area contributed by atoms with E-state index in [0.29, 0.717) is 25.0 Å². The Morgan fingerprint density at radius 1 is 0.508 bits per heavy atom. The molecule has 14 heteroatoms. The van der Waals surface area contributed by atoms with Crippen molar-refractivity contribution in [3.8, 4) is 45.1 Å². The molecule has 10 rings (SSSR count). The largest absolute Gasteiger partial charge is 0.476 e. The number of hydrogen-bond acceptors (Lipinski definition) is 11. The van der Waals surface area contributed by atoms with Crippen LogP contribution in [0.1, 0.15) is 38.5 Å². The molecule has 0 amide bonds. The lowest BCUT2D eigenvalue weighted by molar-refractivity contribution is 0.180. The summed E-state index contributed by atoms with van der Waals surface area (Å²) in [6.45, 7) is 8.01. The maximum absolute atomic E-state index is 5.87. The van der Waals surface area contributed by atoms with Crippen molar-refractivity contribution in [2.45, 2.75) is 38.5 Å². The van der Waals surface area contributed by atoms with Gasteiger partial charge < -0.3 is 9.47 Å². The molecule has 0 N–H and O–H groups in total. The number of hydrogen-bond donors (Lipinski definition) is 0. The predicted octanol–water partition coefficient (Wildman–Crippen LogP) is 8.29. The molecule has 7 aromatic heterocycles. The highest BCUT2D eigenvalue weighted by atomic mass is 79.9. The maximum Gasteiger partial charge on any atom is 0.213 e. The van der Waals surface area contributed by atoms with Crippen LogP contribution in [0, 0.1) is 0 Å². The van der Waals surface area contributed by atoms with E-state index < -0.39 is 0 Å². The second-order valence-electron chi connectivity index (χ2n) is 14.9. The topological polar surface area (TPSA) is 124 Å². The van der Waals surface area contributed by atoms with Crippen LogP contribution in [0.25, 0.3) is 55.6 Å². The summed E-state index contributed by atoms with van der Waals surface area (Å²) in [5.74, 6) is 1.32. The summed E-state index contributed by atoms with van der Waals surface area (Å²) in [7, 11) is 0. The molecule has 1 aromatic carbocycles. The molecule has 2 saturated heterocycles. The average Bonchev–Trinajstić information content (AvgIpc) is 3.90. The second kappa shape index (κ2) is 18.4. The molecular formula is C45H46BrN11O2. The van der Waals surface area contributed by atoms with Crippen molar-refractivity contribution in [3.05, 3.63) is 115 Å². The summed E-state index contributed by atoms with van der Waals surface area (Å²) in [6.07, 6.45) is 24.6. The SMILES string of the molecule is Brc1cnn2cc(-c3ccc(OCCN4CCCCC4)nc3)cnc12.c1cc(-c2cnn3cc(-c4ccc(OCCN5CCCCC5)nc4)cnc23)c2cccnc2c1. The van der Waals surface area contributed by atoms with Gasteiger partial charge in [0.05, 0.1) is 22.4 Å². The molecule has 0 bridgehead atoms. The Kier molecular flexibility index (Phi) is 12.1. The van der Waals surface area contributed by atoms with Gasteiger partial charge in [0, 0.05) is 102 Å². The third-order valence-corrected chi connectivity index (χ3v) is 11.5. The molecule has 59 heavy (non-hydrogen) atoms. The van der Waals surface area contributed by atoms with E-state index in [4.69, 9.17) is 14.5 Å². The number of nitrogens with zero attached hydrogens (tertiary/aromatic N) is 11. The Hall–Kier alpha value is -5.83. The minimum atomic E-state index is 0.653. The Balaban J connectivity index is 0.000000160. The highest BCUT2D eigenvalue weighted by molar-refractivity contribution is 9.10. The van der Waals surface area contributed by atoms with Gasteiger partial charge in [0.2, 0.25) is 11.8 Å². The lowest BCUT2D eigenvalue weighted by Gasteiger charge is -2.26. The van der Waals surface area contributed by atoms with Crippen molar-refractivity contribution in [2.75, 3.05) is 52.5 Å². The van der Waals surface area contributed by atoms with E-state index >= 15 is 0 Å². The Bertz CT molecular complexity index is 2610. The van der Waals surface area contributed by atoms with E-state index in [1.54, 1.807) is 10.7 Å². The lowest BCUT2D eigenvalue weighted by Crippen LogP contribution is -2.33. The second-order valence-corrected chi connectivity index (χ2v) is 15.8. The van der Waals surface area contributed by atoms with Crippen LogP contribution in [0.4, 0.5) is 0 Å². The van der Waals surface area contributed by atoms with Crippen LogP contribution in [0.5, 0.6) is 11.8 Å². The number of pyridine rings is 3. The lowest BCUT2D eigenvalue weighted by atomic mass is 10.0. The van der Waals surface area contributed by atoms with Crippen molar-refractivity contribution in [2.24, 2.45) is 0 Å². The zero-order chi connectivity index (χ0) is 39.8. The van der Waals surface area contributed by atoms with E-state index in [9.17, 15) is 0 Å². The summed E-state index contributed by atoms with van der Waals surface area (Å²) >= 11 is 3.43. The monoisotopic (exact) mass is 851 g/mol. The fourth-order valence-electron chi connectivity index (χ4n) is 7.74. The molecule has 300 valence electrons. The number of piperidine rings is 2. The first kappa shape index (κ1) is 38.7. The quantitative estimate of drug-likeness (QED) is 0.125. The molecule has 2 fully saturated rings. The molecule has 9 heterocycles. The third-order valence-electron chi connectivity index (χ3n) is 11.0. The van der Waals surface area contributed by atoms with Crippen LogP contribution in [0.2, 0.25) is 0 Å². The fourth-order valence-corrected chi connectivity index (χ4v) is 8.12. The van der Waals surface area contributed by atoms with Gasteiger partial charge in [-0.1, -0.05) is 31.0 Å². The summed E-state index contributed by atoms with van der Waals surface area (Å²) in [4.78, 5) is 27.5. The number of rotatable bonds is 11. The molecule has 0 unspecified atom stereocenters. The van der Waals surface area contributed by atoms with E-state index in [-0.39, 0.29) is 0 Å². The molecular weight excluding hydrogens is 806 g/mol. The molecule has 0 atom stereocenters. The molecule has 2 aliphatic rings. The number of likely N-dealkylation sites (tertiary alicyclic amines) is 2. The number of fused-ring (bicyclic) bond motifs is 3. The zero-order valence-corrected chi connectivity index (χ0v) is 34.5. The highest BCUT2D eigenvalue weighted by Crippen LogP contribution is 2.31. The molecule has 13 nitrogen and oxygen atoms in total. The van der Waals surface area contributed by atoms with E-state index in [1.807, 2.05) is 96.6 Å². The Morgan fingerprint density at radius 2 is 1.08 bits per heavy atom. The fraction of sp³-hybridized carbons (Fsp3) is 0.311. The van der Waals surface area contributed by atoms with Gasteiger partial charge in [0.1, 0.15) is 13.2 Å². The van der Waals surface area contributed by atoms with Crippen LogP contribution >= 0.6 is 15.9 Å². The van der Waals surface area contributed by atoms with Crippen LogP contribution < -0.4 is 9.47 Å². The summed E-state index contributed by atoms with van der Waals surface area (Å²) < 4.78 is 16.1. The predicted molar refractivity (Wildman–Crippen MR) is 232 cm³/mol. The van der Waals surface area contributed by atoms with E-state index in [2.05, 4.69) is 68.0 Å². The van der Waals surface area contributed by atoms with Gasteiger partial charge in [-0.15, -0.1) is 0 Å². The van der Waals surface area contributed by atoms with Crippen molar-refractivity contribution < 1.29 is 9.47 Å². The van der Waals surface area contributed by atoms with Crippen LogP contribution in [-0.2, 0) is 0 Å². The summed E-state index contributed by atoms with van der Waals surface area (Å²) in [5, 5.41) is 9.93. The molecule has 0 spiro atoms. The van der Waals surface area contributed by atoms with Crippen molar-refractivity contribution in [1.29, 1.82) is 0 Å². The van der Waals surface area contributed by atoms with Crippen molar-refractivity contribution >= 4 is 38.1 Å². The molecule has 0 aliphatic carbocycles. The van der Waals surface area contributed by atoms with Crippen LogP contribution in [-0.4, -0.2) is 106 Å². The zero-order valence-electron chi connectivity index (χ0n) is 32.9. The summed E-state index contributed by atoms with van der Waals surface area (Å²) in [5.41, 5.74) is 8.52. The normalized spacial score (nSPS) is 15.0. The molecule has 2 aliphatic heterocycles. The standard InChI is InChI=1S/C27H26N6O.C18H20BrN5O/c1-2-12-32(13-3-1)14-15-34-26-10-9-20(16-29-26)21-17-30-27-24(18-31-33(27)19-21)22-6-4-8-25-23(22)7-5-11-28-25;19-16-12-22-24-13-15(11-21-18(16)24)14-4-5-17(20-10-14)25-9-8-23-6-2-1-3-7-23/h4-11,16-19H,1-3,12-15H2;4-5,10-13H,1-3,6-9H2. The third kappa shape index (κ3) is 9.25. The van der Waals surface area contributed by atoms with Gasteiger partial charge in [-0.2, -0.15) is 10.2 Å². The van der Waals surface area contributed by atoms with Gasteiger partial charge in [0.15, 0.2) is 11.3 Å². The van der Waals surface area contributed by atoms with Gasteiger partial charge in [-0.05, 0) is 97.6 Å². The number of aromatic nitrogens is 9. The van der Waals surface area contributed by atoms with Crippen molar-refractivity contribution in [1.82, 2.24) is 53.9 Å². The van der Waals surface area contributed by atoms with Crippen molar-refractivity contribution in [3.63, 3.8) is 0 Å². The first-order chi connectivity index (χ1) is 29.1. The van der Waals surface area contributed by atoms with Crippen LogP contribution in [0.15, 0.2) is 115 Å².